The van der Waals surface area contributed by atoms with Crippen molar-refractivity contribution in [2.75, 3.05) is 13.1 Å². The van der Waals surface area contributed by atoms with Gasteiger partial charge in [0.15, 0.2) is 0 Å². The van der Waals surface area contributed by atoms with Gasteiger partial charge in [-0.2, -0.15) is 5.10 Å². The number of hydrogen-bond donors (Lipinski definition) is 0. The van der Waals surface area contributed by atoms with E-state index in [1.807, 2.05) is 12.4 Å². The van der Waals surface area contributed by atoms with Gasteiger partial charge in [-0.15, -0.1) is 5.10 Å². The summed E-state index contributed by atoms with van der Waals surface area (Å²) in [6, 6.07) is 0.279. The molecule has 2 aliphatic rings. The number of likely N-dealkylation sites (tertiary alicyclic amines) is 1. The molecule has 23 heavy (non-hydrogen) atoms. The Labute approximate surface area is 136 Å². The smallest absolute Gasteiger partial charge is 0.0930 e. The van der Waals surface area contributed by atoms with E-state index in [1.54, 1.807) is 0 Å². The maximum absolute atomic E-state index is 5.98. The van der Waals surface area contributed by atoms with Crippen molar-refractivity contribution in [1.82, 2.24) is 29.7 Å². The lowest BCUT2D eigenvalue weighted by Gasteiger charge is -2.41. The quantitative estimate of drug-likeness (QED) is 0.856. The molecule has 2 aliphatic heterocycles. The molecule has 0 aromatic carbocycles. The summed E-state index contributed by atoms with van der Waals surface area (Å²) in [4.78, 5) is 2.49. The first-order chi connectivity index (χ1) is 11.3. The van der Waals surface area contributed by atoms with E-state index in [-0.39, 0.29) is 12.1 Å². The lowest BCUT2D eigenvalue weighted by molar-refractivity contribution is -0.0670. The summed E-state index contributed by atoms with van der Waals surface area (Å²) >= 11 is 0. The molecule has 0 spiro atoms. The molecule has 0 bridgehead atoms. The van der Waals surface area contributed by atoms with Crippen LogP contribution < -0.4 is 0 Å². The van der Waals surface area contributed by atoms with Crippen molar-refractivity contribution in [3.63, 3.8) is 0 Å². The minimum atomic E-state index is 0.268. The maximum atomic E-state index is 5.98. The van der Waals surface area contributed by atoms with Crippen molar-refractivity contribution in [1.29, 1.82) is 0 Å². The minimum Gasteiger partial charge on any atom is -0.370 e. The van der Waals surface area contributed by atoms with Gasteiger partial charge in [-0.05, 0) is 19.8 Å². The molecule has 1 saturated heterocycles. The standard InChI is InChI=1S/C16H24N6O/c1-3-5-21-12(2)13(7-18-21)9-20-6-4-16-15(10-20)22-14(11-23-16)8-17-19-22/h7-8,15-16H,3-6,9-11H2,1-2H3/t15-,16+/m0/s1. The number of rotatable bonds is 4. The number of aryl methyl sites for hydroxylation is 1. The van der Waals surface area contributed by atoms with Gasteiger partial charge < -0.3 is 4.74 Å². The predicted octanol–water partition coefficient (Wildman–Crippen LogP) is 1.54. The van der Waals surface area contributed by atoms with Crippen molar-refractivity contribution in [2.24, 2.45) is 0 Å². The van der Waals surface area contributed by atoms with Crippen molar-refractivity contribution >= 4 is 0 Å². The van der Waals surface area contributed by atoms with E-state index in [2.05, 4.69) is 43.5 Å². The van der Waals surface area contributed by atoms with E-state index >= 15 is 0 Å². The topological polar surface area (TPSA) is 61.0 Å². The number of piperidine rings is 1. The van der Waals surface area contributed by atoms with Gasteiger partial charge in [-0.1, -0.05) is 12.1 Å². The SMILES string of the molecule is CCCn1ncc(CN2CC[C@H]3OCc4cnnn4[C@H]3C2)c1C. The predicted molar refractivity (Wildman–Crippen MR) is 84.8 cm³/mol. The molecule has 0 saturated carbocycles. The first kappa shape index (κ1) is 14.8. The van der Waals surface area contributed by atoms with Crippen LogP contribution in [0.25, 0.3) is 0 Å². The van der Waals surface area contributed by atoms with E-state index in [0.29, 0.717) is 6.61 Å². The summed E-state index contributed by atoms with van der Waals surface area (Å²) in [6.45, 7) is 8.95. The molecule has 124 valence electrons. The van der Waals surface area contributed by atoms with Crippen LogP contribution in [0.2, 0.25) is 0 Å². The van der Waals surface area contributed by atoms with E-state index in [9.17, 15) is 0 Å². The molecule has 0 N–H and O–H groups in total. The second-order valence-corrected chi connectivity index (χ2v) is 6.59. The Hall–Kier alpha value is -1.73. The van der Waals surface area contributed by atoms with Gasteiger partial charge in [0.2, 0.25) is 0 Å². The molecular weight excluding hydrogens is 292 g/mol. The Morgan fingerprint density at radius 3 is 3.13 bits per heavy atom. The molecule has 7 heteroatoms. The highest BCUT2D eigenvalue weighted by Crippen LogP contribution is 2.30. The largest absolute Gasteiger partial charge is 0.370 e. The molecule has 0 unspecified atom stereocenters. The van der Waals surface area contributed by atoms with Gasteiger partial charge >= 0.3 is 0 Å². The van der Waals surface area contributed by atoms with Gasteiger partial charge in [-0.25, -0.2) is 4.68 Å². The Morgan fingerprint density at radius 1 is 1.35 bits per heavy atom. The van der Waals surface area contributed by atoms with Gasteiger partial charge in [0, 0.05) is 37.4 Å². The van der Waals surface area contributed by atoms with E-state index in [1.165, 1.54) is 11.3 Å². The second kappa shape index (κ2) is 6.05. The zero-order valence-corrected chi connectivity index (χ0v) is 13.9. The lowest BCUT2D eigenvalue weighted by atomic mass is 10.00. The summed E-state index contributed by atoms with van der Waals surface area (Å²) in [6.07, 6.45) is 6.27. The third-order valence-electron chi connectivity index (χ3n) is 5.05. The van der Waals surface area contributed by atoms with Gasteiger partial charge in [-0.3, -0.25) is 9.58 Å². The number of nitrogens with zero attached hydrogens (tertiary/aromatic N) is 6. The van der Waals surface area contributed by atoms with Crippen LogP contribution in [0, 0.1) is 6.92 Å². The van der Waals surface area contributed by atoms with Crippen LogP contribution in [0.15, 0.2) is 12.4 Å². The van der Waals surface area contributed by atoms with Crippen molar-refractivity contribution < 1.29 is 4.74 Å². The summed E-state index contributed by atoms with van der Waals surface area (Å²) in [5.41, 5.74) is 3.70. The van der Waals surface area contributed by atoms with Crippen LogP contribution in [0.4, 0.5) is 0 Å². The van der Waals surface area contributed by atoms with Crippen LogP contribution in [0.1, 0.15) is 42.8 Å². The number of ether oxygens (including phenoxy) is 1. The van der Waals surface area contributed by atoms with E-state index < -0.39 is 0 Å². The second-order valence-electron chi connectivity index (χ2n) is 6.59. The first-order valence-electron chi connectivity index (χ1n) is 8.50. The maximum Gasteiger partial charge on any atom is 0.0930 e. The van der Waals surface area contributed by atoms with E-state index in [4.69, 9.17) is 4.74 Å². The number of fused-ring (bicyclic) bond motifs is 3. The molecule has 0 aliphatic carbocycles. The Balaban J connectivity index is 1.48. The van der Waals surface area contributed by atoms with Crippen molar-refractivity contribution in [3.8, 4) is 0 Å². The molecule has 2 aromatic heterocycles. The van der Waals surface area contributed by atoms with Crippen LogP contribution >= 0.6 is 0 Å². The Bertz CT molecular complexity index is 678. The fourth-order valence-corrected chi connectivity index (χ4v) is 3.71. The van der Waals surface area contributed by atoms with Gasteiger partial charge in [0.1, 0.15) is 0 Å². The van der Waals surface area contributed by atoms with E-state index in [0.717, 1.165) is 44.7 Å². The number of hydrogen-bond acceptors (Lipinski definition) is 5. The molecule has 0 radical (unpaired) electrons. The normalized spacial score (nSPS) is 24.4. The van der Waals surface area contributed by atoms with Gasteiger partial charge in [0.25, 0.3) is 0 Å². The molecule has 4 heterocycles. The molecular formula is C16H24N6O. The third kappa shape index (κ3) is 2.68. The van der Waals surface area contributed by atoms with Gasteiger partial charge in [0.05, 0.1) is 36.8 Å². The van der Waals surface area contributed by atoms with Crippen molar-refractivity contribution in [2.45, 2.75) is 58.5 Å². The fraction of sp³-hybridized carbons (Fsp3) is 0.688. The lowest BCUT2D eigenvalue weighted by Crippen LogP contribution is -2.47. The third-order valence-corrected chi connectivity index (χ3v) is 5.05. The van der Waals surface area contributed by atoms with Crippen molar-refractivity contribution in [3.05, 3.63) is 29.3 Å². The molecule has 0 amide bonds. The first-order valence-corrected chi connectivity index (χ1v) is 8.50. The summed E-state index contributed by atoms with van der Waals surface area (Å²) in [5, 5.41) is 12.8. The summed E-state index contributed by atoms with van der Waals surface area (Å²) in [5.74, 6) is 0. The zero-order chi connectivity index (χ0) is 15.8. The average molecular weight is 316 g/mol. The molecule has 2 aromatic rings. The van der Waals surface area contributed by atoms with Crippen LogP contribution in [0.3, 0.4) is 0 Å². The zero-order valence-electron chi connectivity index (χ0n) is 13.9. The molecule has 4 rings (SSSR count). The Kier molecular flexibility index (Phi) is 3.90. The molecule has 7 nitrogen and oxygen atoms in total. The summed E-state index contributed by atoms with van der Waals surface area (Å²) < 4.78 is 10.2. The minimum absolute atomic E-state index is 0.268. The monoisotopic (exact) mass is 316 g/mol. The number of aromatic nitrogens is 5. The average Bonchev–Trinajstić information content (AvgIpc) is 3.17. The molecule has 1 fully saturated rings. The van der Waals surface area contributed by atoms with Crippen LogP contribution in [-0.4, -0.2) is 48.9 Å². The highest BCUT2D eigenvalue weighted by atomic mass is 16.5. The fourth-order valence-electron chi connectivity index (χ4n) is 3.71. The molecule has 2 atom stereocenters. The highest BCUT2D eigenvalue weighted by molar-refractivity contribution is 5.16. The Morgan fingerprint density at radius 2 is 2.26 bits per heavy atom. The highest BCUT2D eigenvalue weighted by Gasteiger charge is 2.36. The van der Waals surface area contributed by atoms with Crippen LogP contribution in [-0.2, 0) is 24.4 Å². The van der Waals surface area contributed by atoms with Crippen LogP contribution in [0.5, 0.6) is 0 Å². The summed E-state index contributed by atoms with van der Waals surface area (Å²) in [7, 11) is 0.